The van der Waals surface area contributed by atoms with Crippen LogP contribution in [0.25, 0.3) is 5.69 Å². The van der Waals surface area contributed by atoms with E-state index in [-0.39, 0.29) is 0 Å². The van der Waals surface area contributed by atoms with Crippen LogP contribution in [0, 0.1) is 6.33 Å². The Labute approximate surface area is 75.4 Å². The van der Waals surface area contributed by atoms with E-state index in [9.17, 15) is 0 Å². The molecule has 2 rings (SSSR count). The highest BCUT2D eigenvalue weighted by Gasteiger charge is 1.96. The zero-order valence-electron chi connectivity index (χ0n) is 6.24. The fraction of sp³-hybridized carbons (Fsp3) is 0. The molecule has 0 amide bonds. The summed E-state index contributed by atoms with van der Waals surface area (Å²) in [5.41, 5.74) is 1.01. The summed E-state index contributed by atoms with van der Waals surface area (Å²) in [5, 5.41) is 0.457. The quantitative estimate of drug-likeness (QED) is 0.654. The third-order valence-corrected chi connectivity index (χ3v) is 1.72. The summed E-state index contributed by atoms with van der Waals surface area (Å²) in [6.45, 7) is 0. The molecule has 3 heteroatoms. The predicted molar refractivity (Wildman–Crippen MR) is 47.4 cm³/mol. The molecule has 0 saturated heterocycles. The van der Waals surface area contributed by atoms with E-state index >= 15 is 0 Å². The number of benzene rings is 1. The fourth-order valence-corrected chi connectivity index (χ4v) is 1.12. The summed E-state index contributed by atoms with van der Waals surface area (Å²) < 4.78 is 1.75. The van der Waals surface area contributed by atoms with Gasteiger partial charge in [0.25, 0.3) is 0 Å². The van der Waals surface area contributed by atoms with E-state index in [1.165, 1.54) is 0 Å². The minimum absolute atomic E-state index is 0.457. The molecule has 0 N–H and O–H groups in total. The summed E-state index contributed by atoms with van der Waals surface area (Å²) in [5.74, 6) is 0. The highest BCUT2D eigenvalue weighted by Crippen LogP contribution is 2.09. The van der Waals surface area contributed by atoms with Crippen molar-refractivity contribution in [1.29, 1.82) is 0 Å². The molecule has 59 valence electrons. The van der Waals surface area contributed by atoms with E-state index < -0.39 is 0 Å². The van der Waals surface area contributed by atoms with Crippen molar-refractivity contribution in [3.8, 4) is 5.69 Å². The van der Waals surface area contributed by atoms with Gasteiger partial charge in [-0.15, -0.1) is 0 Å². The van der Waals surface area contributed by atoms with Crippen LogP contribution in [0.5, 0.6) is 0 Å². The van der Waals surface area contributed by atoms with Crippen LogP contribution in [-0.4, -0.2) is 9.55 Å². The Balaban J connectivity index is 2.45. The van der Waals surface area contributed by atoms with Gasteiger partial charge in [0.05, 0.1) is 0 Å². The third-order valence-electron chi connectivity index (χ3n) is 1.53. The Morgan fingerprint density at radius 1 is 1.25 bits per heavy atom. The van der Waals surface area contributed by atoms with Crippen LogP contribution in [-0.2, 0) is 0 Å². The van der Waals surface area contributed by atoms with Crippen LogP contribution in [0.1, 0.15) is 0 Å². The maximum Gasteiger partial charge on any atom is 0.182 e. The minimum atomic E-state index is 0.457. The van der Waals surface area contributed by atoms with Crippen molar-refractivity contribution in [2.45, 2.75) is 0 Å². The largest absolute Gasteiger partial charge is 0.296 e. The number of hydrogen-bond acceptors (Lipinski definition) is 1. The Kier molecular flexibility index (Phi) is 1.84. The number of aromatic nitrogens is 2. The maximum atomic E-state index is 5.65. The van der Waals surface area contributed by atoms with Gasteiger partial charge < -0.3 is 0 Å². The SMILES string of the molecule is Clc1cn(-c2ccccc2)[c]n1. The third kappa shape index (κ3) is 1.34. The average Bonchev–Trinajstić information content (AvgIpc) is 2.54. The fourth-order valence-electron chi connectivity index (χ4n) is 0.987. The second kappa shape index (κ2) is 2.99. The van der Waals surface area contributed by atoms with Crippen LogP contribution >= 0.6 is 11.6 Å². The van der Waals surface area contributed by atoms with E-state index in [4.69, 9.17) is 11.6 Å². The molecule has 0 fully saturated rings. The van der Waals surface area contributed by atoms with E-state index in [1.807, 2.05) is 30.3 Å². The number of nitrogens with zero attached hydrogens (tertiary/aromatic N) is 2. The Bertz CT molecular complexity index is 367. The predicted octanol–water partition coefficient (Wildman–Crippen LogP) is 2.33. The molecule has 0 spiro atoms. The van der Waals surface area contributed by atoms with Gasteiger partial charge in [0.1, 0.15) is 5.15 Å². The van der Waals surface area contributed by atoms with Crippen molar-refractivity contribution in [2.75, 3.05) is 0 Å². The van der Waals surface area contributed by atoms with Gasteiger partial charge in [-0.2, -0.15) is 0 Å². The van der Waals surface area contributed by atoms with Crippen LogP contribution in [0.2, 0.25) is 5.15 Å². The van der Waals surface area contributed by atoms with Gasteiger partial charge in [0.2, 0.25) is 0 Å². The molecule has 1 aromatic heterocycles. The molecular formula is C9H6ClN2. The molecule has 0 bridgehead atoms. The number of para-hydroxylation sites is 1. The molecule has 0 unspecified atom stereocenters. The Morgan fingerprint density at radius 2 is 2.00 bits per heavy atom. The van der Waals surface area contributed by atoms with E-state index in [1.54, 1.807) is 10.8 Å². The lowest BCUT2D eigenvalue weighted by atomic mass is 10.3. The first-order valence-corrected chi connectivity index (χ1v) is 3.92. The molecule has 2 aromatic rings. The van der Waals surface area contributed by atoms with E-state index in [0.717, 1.165) is 5.69 Å². The van der Waals surface area contributed by atoms with Crippen LogP contribution in [0.4, 0.5) is 0 Å². The summed E-state index contributed by atoms with van der Waals surface area (Å²) in [6, 6.07) is 9.80. The number of hydrogen-bond donors (Lipinski definition) is 0. The summed E-state index contributed by atoms with van der Waals surface area (Å²) in [7, 11) is 0. The van der Waals surface area contributed by atoms with Crippen LogP contribution < -0.4 is 0 Å². The van der Waals surface area contributed by atoms with Gasteiger partial charge >= 0.3 is 0 Å². The zero-order valence-corrected chi connectivity index (χ0v) is 6.99. The number of rotatable bonds is 1. The molecule has 0 aliphatic rings. The first-order chi connectivity index (χ1) is 5.86. The van der Waals surface area contributed by atoms with Crippen molar-refractivity contribution >= 4 is 11.6 Å². The maximum absolute atomic E-state index is 5.65. The van der Waals surface area contributed by atoms with Crippen molar-refractivity contribution in [2.24, 2.45) is 0 Å². The van der Waals surface area contributed by atoms with Gasteiger partial charge in [-0.05, 0) is 12.1 Å². The highest BCUT2D eigenvalue weighted by molar-refractivity contribution is 6.29. The van der Waals surface area contributed by atoms with Gasteiger partial charge in [-0.1, -0.05) is 29.8 Å². The molecule has 12 heavy (non-hydrogen) atoms. The molecule has 0 aliphatic carbocycles. The Morgan fingerprint density at radius 3 is 2.58 bits per heavy atom. The number of imidazole rings is 1. The molecule has 1 radical (unpaired) electrons. The molecular weight excluding hydrogens is 172 g/mol. The lowest BCUT2D eigenvalue weighted by molar-refractivity contribution is 1.04. The van der Waals surface area contributed by atoms with Crippen molar-refractivity contribution < 1.29 is 0 Å². The Hall–Kier alpha value is -1.28. The molecule has 0 saturated carbocycles. The molecule has 0 aliphatic heterocycles. The summed E-state index contributed by atoms with van der Waals surface area (Å²) in [6.07, 6.45) is 4.48. The molecule has 1 heterocycles. The topological polar surface area (TPSA) is 17.8 Å². The van der Waals surface area contributed by atoms with Crippen molar-refractivity contribution in [3.05, 3.63) is 48.0 Å². The summed E-state index contributed by atoms with van der Waals surface area (Å²) in [4.78, 5) is 3.80. The van der Waals surface area contributed by atoms with Crippen molar-refractivity contribution in [1.82, 2.24) is 9.55 Å². The smallest absolute Gasteiger partial charge is 0.182 e. The van der Waals surface area contributed by atoms with Gasteiger partial charge in [-0.25, -0.2) is 4.98 Å². The summed E-state index contributed by atoms with van der Waals surface area (Å²) >= 11 is 5.65. The minimum Gasteiger partial charge on any atom is -0.296 e. The van der Waals surface area contributed by atoms with Gasteiger partial charge in [0, 0.05) is 11.9 Å². The van der Waals surface area contributed by atoms with E-state index in [0.29, 0.717) is 5.15 Å². The standard InChI is InChI=1S/C9H6ClN2/c10-9-6-12(7-11-9)8-4-2-1-3-5-8/h1-6H. The zero-order chi connectivity index (χ0) is 8.39. The monoisotopic (exact) mass is 177 g/mol. The first-order valence-electron chi connectivity index (χ1n) is 3.54. The van der Waals surface area contributed by atoms with Gasteiger partial charge in [-0.3, -0.25) is 4.57 Å². The van der Waals surface area contributed by atoms with Crippen LogP contribution in [0.15, 0.2) is 36.5 Å². The van der Waals surface area contributed by atoms with Crippen molar-refractivity contribution in [3.63, 3.8) is 0 Å². The molecule has 1 aromatic carbocycles. The average molecular weight is 178 g/mol. The molecule has 2 nitrogen and oxygen atoms in total. The van der Waals surface area contributed by atoms with E-state index in [2.05, 4.69) is 11.3 Å². The van der Waals surface area contributed by atoms with Gasteiger partial charge in [0.15, 0.2) is 6.33 Å². The normalized spacial score (nSPS) is 10.1. The lowest BCUT2D eigenvalue weighted by Crippen LogP contribution is -1.87. The number of halogens is 1. The lowest BCUT2D eigenvalue weighted by Gasteiger charge is -1.97. The second-order valence-electron chi connectivity index (χ2n) is 2.37. The highest BCUT2D eigenvalue weighted by atomic mass is 35.5. The second-order valence-corrected chi connectivity index (χ2v) is 2.76. The first kappa shape index (κ1) is 7.37. The molecule has 0 atom stereocenters. The van der Waals surface area contributed by atoms with Crippen LogP contribution in [0.3, 0.4) is 0 Å².